The molecule has 1 N–H and O–H groups in total. The highest BCUT2D eigenvalue weighted by Crippen LogP contribution is 2.49. The Balaban J connectivity index is 1.50. The number of carbonyl (C=O) groups is 2. The van der Waals surface area contributed by atoms with Gasteiger partial charge in [0.05, 0.1) is 30.5 Å². The molecule has 0 spiro atoms. The molecule has 2 atom stereocenters. The standard InChI is InChI=1S/C30H26N2O4S2/c1-35-24-12-11-18(17-25(24)36-2)19-15-21-28(23(33)16-19)29(26-9-5-13-37-26)32(30(34)27-10-6-14-38-27)22-8-4-3-7-20(22)31-21/h3-14,17,19,29,31H,15-16H2,1-2H3/t19-,29-/m0/s1. The maximum atomic E-state index is 14.1. The number of hydrogen-bond donors (Lipinski definition) is 1. The number of thiophene rings is 2. The van der Waals surface area contributed by atoms with Gasteiger partial charge in [-0.25, -0.2) is 0 Å². The number of nitrogens with zero attached hydrogens (tertiary/aromatic N) is 1. The minimum Gasteiger partial charge on any atom is -0.493 e. The zero-order chi connectivity index (χ0) is 26.2. The first kappa shape index (κ1) is 24.5. The highest BCUT2D eigenvalue weighted by molar-refractivity contribution is 7.12. The van der Waals surface area contributed by atoms with Crippen molar-refractivity contribution >= 4 is 45.7 Å². The normalized spacial score (nSPS) is 18.8. The fraction of sp³-hybridized carbons (Fsp3) is 0.200. The molecule has 1 aliphatic heterocycles. The van der Waals surface area contributed by atoms with E-state index in [4.69, 9.17) is 9.47 Å². The number of benzene rings is 2. The molecule has 2 aromatic heterocycles. The molecule has 6 rings (SSSR count). The predicted molar refractivity (Wildman–Crippen MR) is 152 cm³/mol. The van der Waals surface area contributed by atoms with E-state index in [-0.39, 0.29) is 17.6 Å². The van der Waals surface area contributed by atoms with Crippen LogP contribution in [0.2, 0.25) is 0 Å². The largest absolute Gasteiger partial charge is 0.493 e. The van der Waals surface area contributed by atoms with Crippen LogP contribution in [0.25, 0.3) is 0 Å². The van der Waals surface area contributed by atoms with Crippen molar-refractivity contribution in [2.24, 2.45) is 0 Å². The molecule has 0 radical (unpaired) electrons. The van der Waals surface area contributed by atoms with Gasteiger partial charge in [-0.3, -0.25) is 14.5 Å². The summed E-state index contributed by atoms with van der Waals surface area (Å²) in [5, 5.41) is 7.48. The summed E-state index contributed by atoms with van der Waals surface area (Å²) in [6.07, 6.45) is 0.975. The summed E-state index contributed by atoms with van der Waals surface area (Å²) in [5.74, 6) is 1.18. The summed E-state index contributed by atoms with van der Waals surface area (Å²) in [4.78, 5) is 31.5. The zero-order valence-corrected chi connectivity index (χ0v) is 22.6. The molecule has 3 heterocycles. The molecule has 0 saturated carbocycles. The fourth-order valence-corrected chi connectivity index (χ4v) is 6.87. The van der Waals surface area contributed by atoms with Gasteiger partial charge >= 0.3 is 0 Å². The third kappa shape index (κ3) is 4.19. The quantitative estimate of drug-likeness (QED) is 0.293. The monoisotopic (exact) mass is 542 g/mol. The third-order valence-corrected chi connectivity index (χ3v) is 8.91. The Morgan fingerprint density at radius 3 is 2.45 bits per heavy atom. The van der Waals surface area contributed by atoms with Gasteiger partial charge in [0.15, 0.2) is 17.3 Å². The molecule has 4 aromatic rings. The summed E-state index contributed by atoms with van der Waals surface area (Å²) in [7, 11) is 3.22. The molecule has 8 heteroatoms. The van der Waals surface area contributed by atoms with Crippen LogP contribution < -0.4 is 19.7 Å². The van der Waals surface area contributed by atoms with Crippen molar-refractivity contribution < 1.29 is 19.1 Å². The van der Waals surface area contributed by atoms with Crippen molar-refractivity contribution in [2.75, 3.05) is 24.4 Å². The van der Waals surface area contributed by atoms with E-state index in [1.165, 1.54) is 11.3 Å². The molecule has 0 saturated heterocycles. The molecule has 2 aromatic carbocycles. The number of rotatable bonds is 5. The first-order valence-electron chi connectivity index (χ1n) is 12.3. The number of ether oxygens (including phenoxy) is 2. The number of carbonyl (C=O) groups excluding carboxylic acids is 2. The maximum Gasteiger partial charge on any atom is 0.269 e. The molecule has 0 bridgehead atoms. The summed E-state index contributed by atoms with van der Waals surface area (Å²) in [6.45, 7) is 0. The van der Waals surface area contributed by atoms with Gasteiger partial charge in [0.1, 0.15) is 6.04 Å². The lowest BCUT2D eigenvalue weighted by Crippen LogP contribution is -2.37. The van der Waals surface area contributed by atoms with Gasteiger partial charge in [-0.15, -0.1) is 22.7 Å². The van der Waals surface area contributed by atoms with E-state index >= 15 is 0 Å². The Morgan fingerprint density at radius 2 is 1.71 bits per heavy atom. The third-order valence-electron chi connectivity index (χ3n) is 7.13. The molecular formula is C30H26N2O4S2. The zero-order valence-electron chi connectivity index (χ0n) is 21.0. The SMILES string of the molecule is COc1ccc([C@@H]2CC(=O)C3=C(C2)Nc2ccccc2N(C(=O)c2cccs2)[C@H]3c2cccs2)cc1OC. The lowest BCUT2D eigenvalue weighted by molar-refractivity contribution is -0.116. The van der Waals surface area contributed by atoms with Crippen molar-refractivity contribution in [3.63, 3.8) is 0 Å². The summed E-state index contributed by atoms with van der Waals surface area (Å²) in [5.41, 5.74) is 4.10. The second-order valence-corrected chi connectivity index (χ2v) is 11.2. The van der Waals surface area contributed by atoms with Crippen LogP contribution in [0.15, 0.2) is 88.8 Å². The highest BCUT2D eigenvalue weighted by Gasteiger charge is 2.42. The van der Waals surface area contributed by atoms with Crippen molar-refractivity contribution in [1.29, 1.82) is 0 Å². The van der Waals surface area contributed by atoms with Gasteiger partial charge in [0, 0.05) is 22.6 Å². The van der Waals surface area contributed by atoms with E-state index in [2.05, 4.69) is 5.32 Å². The summed E-state index contributed by atoms with van der Waals surface area (Å²) in [6, 6.07) is 20.8. The van der Waals surface area contributed by atoms with Crippen LogP contribution in [0.5, 0.6) is 11.5 Å². The number of amides is 1. The van der Waals surface area contributed by atoms with E-state index < -0.39 is 6.04 Å². The van der Waals surface area contributed by atoms with Crippen LogP contribution in [-0.2, 0) is 4.79 Å². The van der Waals surface area contributed by atoms with Crippen molar-refractivity contribution in [2.45, 2.75) is 24.8 Å². The molecule has 0 fully saturated rings. The number of anilines is 2. The first-order valence-corrected chi connectivity index (χ1v) is 14.1. The average Bonchev–Trinajstić information content (AvgIpc) is 3.65. The van der Waals surface area contributed by atoms with Crippen molar-refractivity contribution in [3.8, 4) is 11.5 Å². The van der Waals surface area contributed by atoms with Gasteiger partial charge < -0.3 is 14.8 Å². The van der Waals surface area contributed by atoms with Crippen LogP contribution >= 0.6 is 22.7 Å². The Hall–Kier alpha value is -3.88. The Bertz CT molecular complexity index is 1530. The van der Waals surface area contributed by atoms with E-state index in [0.717, 1.165) is 27.5 Å². The van der Waals surface area contributed by atoms with E-state index in [1.54, 1.807) is 30.5 Å². The number of fused-ring (bicyclic) bond motifs is 1. The predicted octanol–water partition coefficient (Wildman–Crippen LogP) is 7.04. The van der Waals surface area contributed by atoms with Gasteiger partial charge in [-0.2, -0.15) is 0 Å². The number of hydrogen-bond acceptors (Lipinski definition) is 7. The molecular weight excluding hydrogens is 516 g/mol. The smallest absolute Gasteiger partial charge is 0.269 e. The van der Waals surface area contributed by atoms with Gasteiger partial charge in [-0.1, -0.05) is 30.3 Å². The van der Waals surface area contributed by atoms with Crippen molar-refractivity contribution in [1.82, 2.24) is 0 Å². The average molecular weight is 543 g/mol. The maximum absolute atomic E-state index is 14.1. The topological polar surface area (TPSA) is 67.9 Å². The number of allylic oxidation sites excluding steroid dienone is 1. The van der Waals surface area contributed by atoms with Gasteiger partial charge in [0.25, 0.3) is 5.91 Å². The second kappa shape index (κ2) is 10.1. The molecule has 192 valence electrons. The number of para-hydroxylation sites is 2. The number of ketones is 1. The Labute approximate surface area is 229 Å². The first-order chi connectivity index (χ1) is 18.6. The Morgan fingerprint density at radius 1 is 0.921 bits per heavy atom. The van der Waals surface area contributed by atoms with Crippen LogP contribution in [0.3, 0.4) is 0 Å². The Kier molecular flexibility index (Phi) is 6.51. The number of nitrogens with one attached hydrogen (secondary N) is 1. The molecule has 1 amide bonds. The molecule has 2 aliphatic rings. The van der Waals surface area contributed by atoms with Crippen LogP contribution in [-0.4, -0.2) is 25.9 Å². The van der Waals surface area contributed by atoms with Crippen LogP contribution in [0.1, 0.15) is 44.9 Å². The van der Waals surface area contributed by atoms with E-state index in [1.807, 2.05) is 77.5 Å². The van der Waals surface area contributed by atoms with Crippen LogP contribution in [0.4, 0.5) is 11.4 Å². The second-order valence-electron chi connectivity index (χ2n) is 9.25. The highest BCUT2D eigenvalue weighted by atomic mass is 32.1. The molecule has 1 aliphatic carbocycles. The van der Waals surface area contributed by atoms with Gasteiger partial charge in [0.2, 0.25) is 0 Å². The van der Waals surface area contributed by atoms with Crippen molar-refractivity contribution in [3.05, 3.63) is 104 Å². The van der Waals surface area contributed by atoms with Crippen LogP contribution in [0, 0.1) is 0 Å². The number of methoxy groups -OCH3 is 2. The van der Waals surface area contributed by atoms with E-state index in [0.29, 0.717) is 34.8 Å². The summed E-state index contributed by atoms with van der Waals surface area (Å²) < 4.78 is 10.9. The van der Waals surface area contributed by atoms with E-state index in [9.17, 15) is 9.59 Å². The fourth-order valence-electron chi connectivity index (χ4n) is 5.39. The molecule has 0 unspecified atom stereocenters. The summed E-state index contributed by atoms with van der Waals surface area (Å²) >= 11 is 2.97. The lowest BCUT2D eigenvalue weighted by Gasteiger charge is -2.34. The number of Topliss-reactive ketones (excluding diaryl/α,β-unsaturated/α-hetero) is 1. The minimum absolute atomic E-state index is 0.0359. The van der Waals surface area contributed by atoms with Gasteiger partial charge in [-0.05, 0) is 65.1 Å². The lowest BCUT2D eigenvalue weighted by atomic mass is 9.79. The molecule has 6 nitrogen and oxygen atoms in total. The minimum atomic E-state index is -0.519. The molecule has 38 heavy (non-hydrogen) atoms.